The van der Waals surface area contributed by atoms with Crippen LogP contribution in [0.2, 0.25) is 0 Å². The number of hydrogen-bond donors (Lipinski definition) is 0. The van der Waals surface area contributed by atoms with Crippen LogP contribution in [0.5, 0.6) is 0 Å². The molecular formula is C27H24N4O2S. The maximum absolute atomic E-state index is 13.4. The van der Waals surface area contributed by atoms with Gasteiger partial charge in [0.05, 0.1) is 22.3 Å². The minimum absolute atomic E-state index is 0.0215. The van der Waals surface area contributed by atoms with E-state index >= 15 is 0 Å². The number of para-hydroxylation sites is 1. The lowest BCUT2D eigenvalue weighted by molar-refractivity contribution is 0.102. The SMILES string of the molecule is Cc1ccc(-n2c(=O)c3ccccc3n3c(SCC(=O)c4ccc(C(C)C)cc4)nnc23)cc1. The van der Waals surface area contributed by atoms with Gasteiger partial charge in [0, 0.05) is 5.56 Å². The fraction of sp³-hybridized carbons (Fsp3) is 0.185. The Morgan fingerprint density at radius 3 is 2.35 bits per heavy atom. The van der Waals surface area contributed by atoms with Gasteiger partial charge in [-0.15, -0.1) is 10.2 Å². The Kier molecular flexibility index (Phi) is 5.79. The number of benzene rings is 3. The summed E-state index contributed by atoms with van der Waals surface area (Å²) in [7, 11) is 0. The van der Waals surface area contributed by atoms with E-state index in [4.69, 9.17) is 0 Å². The van der Waals surface area contributed by atoms with E-state index in [1.54, 1.807) is 10.6 Å². The molecule has 0 spiro atoms. The number of carbonyl (C=O) groups is 1. The number of hydrogen-bond acceptors (Lipinski definition) is 5. The number of Topliss-reactive ketones (excluding diaryl/α,β-unsaturated/α-hetero) is 1. The summed E-state index contributed by atoms with van der Waals surface area (Å²) in [5.41, 5.74) is 4.26. The van der Waals surface area contributed by atoms with Crippen LogP contribution >= 0.6 is 11.8 Å². The number of rotatable bonds is 6. The monoisotopic (exact) mass is 468 g/mol. The normalized spacial score (nSPS) is 11.5. The van der Waals surface area contributed by atoms with E-state index in [1.807, 2.05) is 78.1 Å². The molecule has 5 rings (SSSR count). The van der Waals surface area contributed by atoms with Gasteiger partial charge in [-0.1, -0.05) is 79.7 Å². The molecule has 0 aliphatic rings. The van der Waals surface area contributed by atoms with Gasteiger partial charge in [-0.3, -0.25) is 14.0 Å². The van der Waals surface area contributed by atoms with Crippen molar-refractivity contribution in [2.75, 3.05) is 5.75 Å². The van der Waals surface area contributed by atoms with Crippen molar-refractivity contribution in [3.05, 3.63) is 99.8 Å². The summed E-state index contributed by atoms with van der Waals surface area (Å²) in [6, 6.07) is 22.9. The summed E-state index contributed by atoms with van der Waals surface area (Å²) in [6.07, 6.45) is 0. The summed E-state index contributed by atoms with van der Waals surface area (Å²) in [6.45, 7) is 6.26. The second-order valence-electron chi connectivity index (χ2n) is 8.60. The number of carbonyl (C=O) groups excluding carboxylic acids is 1. The summed E-state index contributed by atoms with van der Waals surface area (Å²) in [5, 5.41) is 9.84. The maximum Gasteiger partial charge on any atom is 0.267 e. The van der Waals surface area contributed by atoms with Crippen LogP contribution in [0.1, 0.15) is 41.3 Å². The largest absolute Gasteiger partial charge is 0.293 e. The van der Waals surface area contributed by atoms with Crippen LogP contribution in [0, 0.1) is 6.92 Å². The minimum atomic E-state index is -0.155. The third kappa shape index (κ3) is 3.92. The van der Waals surface area contributed by atoms with Gasteiger partial charge in [0.1, 0.15) is 0 Å². The molecule has 5 aromatic rings. The summed E-state index contributed by atoms with van der Waals surface area (Å²) in [5.74, 6) is 1.08. The van der Waals surface area contributed by atoms with Gasteiger partial charge in [0.25, 0.3) is 5.56 Å². The van der Waals surface area contributed by atoms with Crippen molar-refractivity contribution >= 4 is 34.2 Å². The van der Waals surface area contributed by atoms with Crippen LogP contribution in [-0.4, -0.2) is 30.7 Å². The van der Waals surface area contributed by atoms with E-state index in [0.29, 0.717) is 33.3 Å². The zero-order valence-corrected chi connectivity index (χ0v) is 20.0. The molecule has 34 heavy (non-hydrogen) atoms. The molecule has 6 nitrogen and oxygen atoms in total. The Hall–Kier alpha value is -3.71. The fourth-order valence-electron chi connectivity index (χ4n) is 3.97. The summed E-state index contributed by atoms with van der Waals surface area (Å²) < 4.78 is 3.43. The average Bonchev–Trinajstić information content (AvgIpc) is 3.27. The second kappa shape index (κ2) is 8.91. The smallest absolute Gasteiger partial charge is 0.267 e. The van der Waals surface area contributed by atoms with Crippen molar-refractivity contribution in [2.24, 2.45) is 0 Å². The maximum atomic E-state index is 13.4. The van der Waals surface area contributed by atoms with Crippen LogP contribution in [-0.2, 0) is 0 Å². The highest BCUT2D eigenvalue weighted by Gasteiger charge is 2.19. The molecule has 3 aromatic carbocycles. The van der Waals surface area contributed by atoms with Crippen LogP contribution in [0.15, 0.2) is 82.7 Å². The molecule has 0 aliphatic carbocycles. The molecule has 0 amide bonds. The van der Waals surface area contributed by atoms with Crippen LogP contribution < -0.4 is 5.56 Å². The molecule has 7 heteroatoms. The van der Waals surface area contributed by atoms with E-state index in [1.165, 1.54) is 17.3 Å². The molecule has 0 aliphatic heterocycles. The Bertz CT molecular complexity index is 1570. The number of thioether (sulfide) groups is 1. The Morgan fingerprint density at radius 1 is 0.941 bits per heavy atom. The Balaban J connectivity index is 1.56. The van der Waals surface area contributed by atoms with Gasteiger partial charge < -0.3 is 0 Å². The molecule has 0 unspecified atom stereocenters. The average molecular weight is 469 g/mol. The quantitative estimate of drug-likeness (QED) is 0.245. The lowest BCUT2D eigenvalue weighted by Gasteiger charge is -2.11. The molecule has 170 valence electrons. The van der Waals surface area contributed by atoms with E-state index in [0.717, 1.165) is 11.3 Å². The van der Waals surface area contributed by atoms with Gasteiger partial charge in [0.2, 0.25) is 5.78 Å². The standard InChI is InChI=1S/C27H24N4O2S/c1-17(2)19-10-12-20(13-11-19)24(32)16-34-27-29-28-26-30(21-14-8-18(3)9-15-21)25(33)22-6-4-5-7-23(22)31(26)27/h4-15,17H,16H2,1-3H3. The fourth-order valence-corrected chi connectivity index (χ4v) is 4.80. The molecule has 0 atom stereocenters. The minimum Gasteiger partial charge on any atom is -0.293 e. The van der Waals surface area contributed by atoms with Crippen molar-refractivity contribution in [1.29, 1.82) is 0 Å². The highest BCUT2D eigenvalue weighted by Crippen LogP contribution is 2.24. The predicted octanol–water partition coefficient (Wildman–Crippen LogP) is 5.44. The highest BCUT2D eigenvalue weighted by molar-refractivity contribution is 7.99. The van der Waals surface area contributed by atoms with Crippen LogP contribution in [0.25, 0.3) is 22.4 Å². The zero-order valence-electron chi connectivity index (χ0n) is 19.2. The van der Waals surface area contributed by atoms with E-state index in [9.17, 15) is 9.59 Å². The third-order valence-electron chi connectivity index (χ3n) is 5.92. The van der Waals surface area contributed by atoms with Crippen molar-refractivity contribution in [3.8, 4) is 5.69 Å². The molecule has 0 saturated carbocycles. The van der Waals surface area contributed by atoms with Crippen molar-refractivity contribution in [1.82, 2.24) is 19.2 Å². The second-order valence-corrected chi connectivity index (χ2v) is 9.54. The van der Waals surface area contributed by atoms with Crippen LogP contribution in [0.4, 0.5) is 0 Å². The van der Waals surface area contributed by atoms with E-state index in [2.05, 4.69) is 24.0 Å². The first-order valence-electron chi connectivity index (χ1n) is 11.2. The molecule has 0 saturated heterocycles. The van der Waals surface area contributed by atoms with Crippen molar-refractivity contribution < 1.29 is 4.79 Å². The van der Waals surface area contributed by atoms with E-state index in [-0.39, 0.29) is 17.1 Å². The number of nitrogens with zero attached hydrogens (tertiary/aromatic N) is 4. The van der Waals surface area contributed by atoms with Gasteiger partial charge in [0.15, 0.2) is 10.9 Å². The number of aryl methyl sites for hydroxylation is 1. The van der Waals surface area contributed by atoms with Gasteiger partial charge in [-0.2, -0.15) is 0 Å². The molecule has 0 fully saturated rings. The lowest BCUT2D eigenvalue weighted by atomic mass is 10.0. The molecule has 0 radical (unpaired) electrons. The van der Waals surface area contributed by atoms with Crippen molar-refractivity contribution in [3.63, 3.8) is 0 Å². The van der Waals surface area contributed by atoms with Gasteiger partial charge >= 0.3 is 0 Å². The number of fused-ring (bicyclic) bond motifs is 3. The predicted molar refractivity (Wildman–Crippen MR) is 136 cm³/mol. The van der Waals surface area contributed by atoms with Crippen molar-refractivity contribution in [2.45, 2.75) is 31.8 Å². The first kappa shape index (κ1) is 22.1. The lowest BCUT2D eigenvalue weighted by Crippen LogP contribution is -2.21. The molecule has 2 heterocycles. The first-order chi connectivity index (χ1) is 16.4. The zero-order chi connectivity index (χ0) is 23.8. The molecule has 0 bridgehead atoms. The van der Waals surface area contributed by atoms with E-state index < -0.39 is 0 Å². The highest BCUT2D eigenvalue weighted by atomic mass is 32.2. The first-order valence-corrected chi connectivity index (χ1v) is 12.1. The Morgan fingerprint density at radius 2 is 1.65 bits per heavy atom. The topological polar surface area (TPSA) is 69.3 Å². The number of aromatic nitrogens is 4. The number of ketones is 1. The third-order valence-corrected chi connectivity index (χ3v) is 6.85. The summed E-state index contributed by atoms with van der Waals surface area (Å²) in [4.78, 5) is 26.2. The molecule has 0 N–H and O–H groups in total. The molecule has 2 aromatic heterocycles. The Labute approximate surface area is 201 Å². The molecular weight excluding hydrogens is 444 g/mol. The summed E-state index contributed by atoms with van der Waals surface area (Å²) >= 11 is 1.32. The van der Waals surface area contributed by atoms with Gasteiger partial charge in [-0.25, -0.2) is 4.57 Å². The van der Waals surface area contributed by atoms with Gasteiger partial charge in [-0.05, 0) is 42.7 Å². The van der Waals surface area contributed by atoms with Crippen LogP contribution in [0.3, 0.4) is 0 Å².